The number of amides is 2. The molecule has 0 aromatic heterocycles. The SMILES string of the molecule is Cc1ccc(C#N)c(N(C(=O)OC(C)(C)C)C(=O)OC(C)(C)C)c1F. The van der Waals surface area contributed by atoms with Gasteiger partial charge >= 0.3 is 12.2 Å². The molecular formula is C18H23FN2O4. The Morgan fingerprint density at radius 3 is 1.84 bits per heavy atom. The lowest BCUT2D eigenvalue weighted by Crippen LogP contribution is -2.44. The summed E-state index contributed by atoms with van der Waals surface area (Å²) < 4.78 is 25.1. The molecule has 0 fully saturated rings. The molecule has 0 unspecified atom stereocenters. The Morgan fingerprint density at radius 1 is 1.04 bits per heavy atom. The predicted molar refractivity (Wildman–Crippen MR) is 90.8 cm³/mol. The minimum Gasteiger partial charge on any atom is -0.443 e. The third-order valence-electron chi connectivity index (χ3n) is 2.81. The van der Waals surface area contributed by atoms with Gasteiger partial charge in [0.05, 0.1) is 5.56 Å². The number of aryl methyl sites for hydroxylation is 1. The van der Waals surface area contributed by atoms with E-state index in [1.54, 1.807) is 47.6 Å². The summed E-state index contributed by atoms with van der Waals surface area (Å²) in [5.41, 5.74) is -2.34. The van der Waals surface area contributed by atoms with E-state index in [1.807, 2.05) is 0 Å². The van der Waals surface area contributed by atoms with Crippen molar-refractivity contribution in [2.75, 3.05) is 4.90 Å². The summed E-state index contributed by atoms with van der Waals surface area (Å²) >= 11 is 0. The Labute approximate surface area is 147 Å². The largest absolute Gasteiger partial charge is 0.443 e. The van der Waals surface area contributed by atoms with Crippen molar-refractivity contribution in [3.8, 4) is 6.07 Å². The molecule has 136 valence electrons. The van der Waals surface area contributed by atoms with E-state index in [1.165, 1.54) is 19.1 Å². The maximum absolute atomic E-state index is 14.7. The number of carbonyl (C=O) groups is 2. The highest BCUT2D eigenvalue weighted by atomic mass is 19.1. The summed E-state index contributed by atoms with van der Waals surface area (Å²) in [4.78, 5) is 25.5. The molecule has 0 radical (unpaired) electrons. The van der Waals surface area contributed by atoms with Crippen LogP contribution in [0.25, 0.3) is 0 Å². The summed E-state index contributed by atoms with van der Waals surface area (Å²) in [6.07, 6.45) is -2.24. The van der Waals surface area contributed by atoms with Crippen LogP contribution in [-0.4, -0.2) is 23.4 Å². The van der Waals surface area contributed by atoms with Crippen LogP contribution in [0.3, 0.4) is 0 Å². The van der Waals surface area contributed by atoms with Crippen LogP contribution in [0.1, 0.15) is 52.7 Å². The van der Waals surface area contributed by atoms with E-state index in [0.717, 1.165) is 0 Å². The lowest BCUT2D eigenvalue weighted by atomic mass is 10.1. The highest BCUT2D eigenvalue weighted by Crippen LogP contribution is 2.29. The molecular weight excluding hydrogens is 327 g/mol. The Hall–Kier alpha value is -2.62. The molecule has 6 nitrogen and oxygen atoms in total. The van der Waals surface area contributed by atoms with Crippen LogP contribution >= 0.6 is 0 Å². The monoisotopic (exact) mass is 350 g/mol. The molecule has 0 aliphatic rings. The van der Waals surface area contributed by atoms with Gasteiger partial charge in [0.2, 0.25) is 0 Å². The topological polar surface area (TPSA) is 79.6 Å². The van der Waals surface area contributed by atoms with Gasteiger partial charge in [-0.25, -0.2) is 14.0 Å². The standard InChI is InChI=1S/C18H23FN2O4/c1-11-8-9-12(10-20)14(13(11)19)21(15(22)24-17(2,3)4)16(23)25-18(5,6)7/h8-9H,1-7H3. The molecule has 0 aliphatic heterocycles. The number of hydrogen-bond donors (Lipinski definition) is 0. The molecule has 1 aromatic carbocycles. The van der Waals surface area contributed by atoms with Gasteiger partial charge in [-0.05, 0) is 60.1 Å². The molecule has 0 N–H and O–H groups in total. The van der Waals surface area contributed by atoms with Crippen molar-refractivity contribution in [2.45, 2.75) is 59.7 Å². The maximum Gasteiger partial charge on any atom is 0.424 e. The van der Waals surface area contributed by atoms with E-state index >= 15 is 0 Å². The van der Waals surface area contributed by atoms with E-state index in [4.69, 9.17) is 9.47 Å². The number of anilines is 1. The van der Waals surface area contributed by atoms with Crippen molar-refractivity contribution in [1.29, 1.82) is 5.26 Å². The molecule has 0 saturated heterocycles. The Bertz CT molecular complexity index is 696. The van der Waals surface area contributed by atoms with Crippen molar-refractivity contribution < 1.29 is 23.5 Å². The number of halogens is 1. The molecule has 0 atom stereocenters. The fraction of sp³-hybridized carbons (Fsp3) is 0.500. The third kappa shape index (κ3) is 5.45. The van der Waals surface area contributed by atoms with E-state index < -0.39 is 34.9 Å². The summed E-state index contributed by atoms with van der Waals surface area (Å²) in [5, 5.41) is 9.26. The zero-order valence-electron chi connectivity index (χ0n) is 15.6. The molecule has 0 saturated carbocycles. The van der Waals surface area contributed by atoms with Crippen molar-refractivity contribution >= 4 is 17.9 Å². The van der Waals surface area contributed by atoms with E-state index in [-0.39, 0.29) is 11.1 Å². The molecule has 0 heterocycles. The summed E-state index contributed by atoms with van der Waals surface area (Å²) in [6.45, 7) is 11.1. The second-order valence-corrected chi connectivity index (χ2v) is 7.50. The van der Waals surface area contributed by atoms with E-state index in [0.29, 0.717) is 4.90 Å². The molecule has 0 spiro atoms. The Balaban J connectivity index is 3.53. The normalized spacial score (nSPS) is 11.5. The van der Waals surface area contributed by atoms with Crippen LogP contribution < -0.4 is 4.90 Å². The van der Waals surface area contributed by atoms with Gasteiger partial charge in [-0.2, -0.15) is 10.2 Å². The molecule has 1 rings (SSSR count). The molecule has 7 heteroatoms. The molecule has 25 heavy (non-hydrogen) atoms. The average Bonchev–Trinajstić information content (AvgIpc) is 2.40. The number of hydrogen-bond acceptors (Lipinski definition) is 5. The van der Waals surface area contributed by atoms with Gasteiger partial charge in [-0.15, -0.1) is 0 Å². The summed E-state index contributed by atoms with van der Waals surface area (Å²) in [7, 11) is 0. The number of nitriles is 1. The average molecular weight is 350 g/mol. The van der Waals surface area contributed by atoms with Crippen LogP contribution in [0.5, 0.6) is 0 Å². The summed E-state index contributed by atoms with van der Waals surface area (Å²) in [5.74, 6) is -0.865. The van der Waals surface area contributed by atoms with Crippen LogP contribution in [0.2, 0.25) is 0 Å². The van der Waals surface area contributed by atoms with Gasteiger partial charge in [-0.3, -0.25) is 0 Å². The number of rotatable bonds is 1. The van der Waals surface area contributed by atoms with Crippen molar-refractivity contribution in [3.05, 3.63) is 29.1 Å². The lowest BCUT2D eigenvalue weighted by Gasteiger charge is -2.29. The summed E-state index contributed by atoms with van der Waals surface area (Å²) in [6, 6.07) is 4.50. The van der Waals surface area contributed by atoms with Gasteiger partial charge in [0.25, 0.3) is 0 Å². The van der Waals surface area contributed by atoms with Crippen molar-refractivity contribution in [2.24, 2.45) is 0 Å². The van der Waals surface area contributed by atoms with Gasteiger partial charge < -0.3 is 9.47 Å². The number of imide groups is 1. The number of benzene rings is 1. The molecule has 0 bridgehead atoms. The fourth-order valence-corrected chi connectivity index (χ4v) is 1.85. The first-order valence-corrected chi connectivity index (χ1v) is 7.72. The zero-order chi connectivity index (χ0) is 19.6. The zero-order valence-corrected chi connectivity index (χ0v) is 15.6. The van der Waals surface area contributed by atoms with E-state index in [2.05, 4.69) is 0 Å². The number of carbonyl (C=O) groups excluding carboxylic acids is 2. The Kier molecular flexibility index (Phi) is 5.80. The second kappa shape index (κ2) is 7.09. The van der Waals surface area contributed by atoms with Gasteiger partial charge in [0.15, 0.2) is 5.82 Å². The smallest absolute Gasteiger partial charge is 0.424 e. The first-order valence-electron chi connectivity index (χ1n) is 7.72. The fourth-order valence-electron chi connectivity index (χ4n) is 1.85. The second-order valence-electron chi connectivity index (χ2n) is 7.50. The van der Waals surface area contributed by atoms with Crippen molar-refractivity contribution in [1.82, 2.24) is 0 Å². The van der Waals surface area contributed by atoms with Gasteiger partial charge in [0, 0.05) is 0 Å². The number of nitrogens with zero attached hydrogens (tertiary/aromatic N) is 2. The first-order chi connectivity index (χ1) is 11.3. The molecule has 2 amide bonds. The molecule has 0 aliphatic carbocycles. The Morgan fingerprint density at radius 2 is 1.48 bits per heavy atom. The van der Waals surface area contributed by atoms with Crippen LogP contribution in [0.15, 0.2) is 12.1 Å². The first kappa shape index (κ1) is 20.4. The minimum absolute atomic E-state index is 0.172. The highest BCUT2D eigenvalue weighted by Gasteiger charge is 2.36. The predicted octanol–water partition coefficient (Wildman–Crippen LogP) is 4.68. The van der Waals surface area contributed by atoms with Crippen LogP contribution in [0, 0.1) is 24.1 Å². The van der Waals surface area contributed by atoms with Gasteiger partial charge in [-0.1, -0.05) is 6.07 Å². The quantitative estimate of drug-likeness (QED) is 0.734. The molecule has 1 aromatic rings. The van der Waals surface area contributed by atoms with Crippen LogP contribution in [-0.2, 0) is 9.47 Å². The van der Waals surface area contributed by atoms with Gasteiger partial charge in [0.1, 0.15) is 23.0 Å². The van der Waals surface area contributed by atoms with Crippen molar-refractivity contribution in [3.63, 3.8) is 0 Å². The maximum atomic E-state index is 14.7. The highest BCUT2D eigenvalue weighted by molar-refractivity contribution is 6.10. The van der Waals surface area contributed by atoms with Crippen LogP contribution in [0.4, 0.5) is 19.7 Å². The minimum atomic E-state index is -1.12. The van der Waals surface area contributed by atoms with E-state index in [9.17, 15) is 19.2 Å². The number of ether oxygens (including phenoxy) is 2. The third-order valence-corrected chi connectivity index (χ3v) is 2.81. The lowest BCUT2D eigenvalue weighted by molar-refractivity contribution is 0.0428.